The van der Waals surface area contributed by atoms with E-state index in [0.29, 0.717) is 6.61 Å². The molecule has 1 aliphatic rings. The summed E-state index contributed by atoms with van der Waals surface area (Å²) in [4.78, 5) is 4.09. The van der Waals surface area contributed by atoms with Crippen LogP contribution in [-0.4, -0.2) is 18.7 Å². The van der Waals surface area contributed by atoms with E-state index >= 15 is 0 Å². The van der Waals surface area contributed by atoms with Gasteiger partial charge in [-0.3, -0.25) is 0 Å². The van der Waals surface area contributed by atoms with Crippen LogP contribution < -0.4 is 4.72 Å². The van der Waals surface area contributed by atoms with Gasteiger partial charge in [-0.15, -0.1) is 0 Å². The van der Waals surface area contributed by atoms with Crippen molar-refractivity contribution in [3.8, 4) is 0 Å². The largest absolute Gasteiger partial charge is 0.349 e. The van der Waals surface area contributed by atoms with E-state index in [0.717, 1.165) is 5.84 Å². The zero-order valence-electron chi connectivity index (χ0n) is 5.00. The van der Waals surface area contributed by atoms with Gasteiger partial charge in [0.1, 0.15) is 18.7 Å². The average molecular weight is 164 g/mol. The lowest BCUT2D eigenvalue weighted by molar-refractivity contribution is 0.124. The molecule has 0 amide bonds. The van der Waals surface area contributed by atoms with Gasteiger partial charge in [-0.1, -0.05) is 11.7 Å². The highest BCUT2D eigenvalue weighted by Gasteiger charge is 2.11. The van der Waals surface area contributed by atoms with Gasteiger partial charge in [0.25, 0.3) is 0 Å². The Morgan fingerprint density at radius 3 is 3.22 bits per heavy atom. The van der Waals surface area contributed by atoms with Crippen LogP contribution in [0.15, 0.2) is 4.99 Å². The molecule has 0 saturated carbocycles. The van der Waals surface area contributed by atoms with Gasteiger partial charge in [0, 0.05) is 11.0 Å². The van der Waals surface area contributed by atoms with E-state index in [1.54, 1.807) is 0 Å². The molecule has 3 nitrogen and oxygen atoms in total. The van der Waals surface area contributed by atoms with Crippen LogP contribution in [0.2, 0.25) is 0 Å². The van der Waals surface area contributed by atoms with Gasteiger partial charge in [-0.2, -0.15) is 0 Å². The maximum absolute atomic E-state index is 5.10. The van der Waals surface area contributed by atoms with Crippen LogP contribution in [-0.2, 0) is 4.74 Å². The first kappa shape index (κ1) is 7.24. The number of hydrogen-bond acceptors (Lipinski definition) is 5. The molecule has 1 unspecified atom stereocenters. The van der Waals surface area contributed by atoms with Crippen LogP contribution in [0, 0.1) is 0 Å². The maximum atomic E-state index is 5.10. The minimum absolute atomic E-state index is 0.00739. The summed E-state index contributed by atoms with van der Waals surface area (Å²) in [6, 6.07) is 0. The standard InChI is InChI=1S/C4H8N2OS2/c1-3-5-4(2-7-3)6-9-8/h3,8H,2H2,1H3,(H,5,6). The second-order valence-electron chi connectivity index (χ2n) is 1.68. The molecule has 0 spiro atoms. The molecule has 0 aromatic rings. The SMILES string of the molecule is CC1N=C(NSS)CO1. The van der Waals surface area contributed by atoms with Crippen molar-refractivity contribution in [2.24, 2.45) is 4.99 Å². The monoisotopic (exact) mass is 164 g/mol. The minimum Gasteiger partial charge on any atom is -0.349 e. The van der Waals surface area contributed by atoms with Crippen LogP contribution in [0.25, 0.3) is 0 Å². The summed E-state index contributed by atoms with van der Waals surface area (Å²) in [6.45, 7) is 2.48. The summed E-state index contributed by atoms with van der Waals surface area (Å²) < 4.78 is 7.99. The van der Waals surface area contributed by atoms with Crippen molar-refractivity contribution >= 4 is 28.5 Å². The van der Waals surface area contributed by atoms with Gasteiger partial charge in [0.2, 0.25) is 0 Å². The van der Waals surface area contributed by atoms with Gasteiger partial charge >= 0.3 is 0 Å². The summed E-state index contributed by atoms with van der Waals surface area (Å²) in [5.41, 5.74) is 0. The van der Waals surface area contributed by atoms with Gasteiger partial charge in [-0.25, -0.2) is 4.99 Å². The number of nitrogens with one attached hydrogen (secondary N) is 1. The third-order valence-corrected chi connectivity index (χ3v) is 1.56. The highest BCUT2D eigenvalue weighted by atomic mass is 33.1. The first-order chi connectivity index (χ1) is 4.33. The fraction of sp³-hybridized carbons (Fsp3) is 0.750. The smallest absolute Gasteiger partial charge is 0.148 e. The Bertz CT molecular complexity index is 128. The average Bonchev–Trinajstić information content (AvgIpc) is 2.17. The fourth-order valence-electron chi connectivity index (χ4n) is 0.602. The Morgan fingerprint density at radius 2 is 2.78 bits per heavy atom. The second kappa shape index (κ2) is 3.34. The minimum atomic E-state index is 0.00739. The topological polar surface area (TPSA) is 33.6 Å². The molecule has 0 aromatic heterocycles. The number of aliphatic imine (C=N–C) groups is 1. The summed E-state index contributed by atoms with van der Waals surface area (Å²) >= 11 is 3.89. The van der Waals surface area contributed by atoms with E-state index in [2.05, 4.69) is 21.4 Å². The molecule has 52 valence electrons. The van der Waals surface area contributed by atoms with Crippen LogP contribution >= 0.6 is 22.6 Å². The molecule has 0 saturated heterocycles. The first-order valence-electron chi connectivity index (χ1n) is 2.57. The van der Waals surface area contributed by atoms with E-state index < -0.39 is 0 Å². The highest BCUT2D eigenvalue weighted by molar-refractivity contribution is 8.68. The van der Waals surface area contributed by atoms with E-state index in [9.17, 15) is 0 Å². The highest BCUT2D eigenvalue weighted by Crippen LogP contribution is 2.05. The third-order valence-electron chi connectivity index (χ3n) is 0.962. The van der Waals surface area contributed by atoms with Crippen LogP contribution in [0.1, 0.15) is 6.92 Å². The summed E-state index contributed by atoms with van der Waals surface area (Å²) in [6.07, 6.45) is 0.00739. The van der Waals surface area contributed by atoms with E-state index in [4.69, 9.17) is 4.74 Å². The molecule has 1 atom stereocenters. The summed E-state index contributed by atoms with van der Waals surface area (Å²) in [7, 11) is 1.23. The quantitative estimate of drug-likeness (QED) is 0.342. The molecule has 0 bridgehead atoms. The van der Waals surface area contributed by atoms with Gasteiger partial charge in [0.15, 0.2) is 0 Å². The van der Waals surface area contributed by atoms with Crippen molar-refractivity contribution in [2.45, 2.75) is 13.2 Å². The zero-order valence-corrected chi connectivity index (χ0v) is 6.71. The fourth-order valence-corrected chi connectivity index (χ4v) is 1.14. The van der Waals surface area contributed by atoms with Gasteiger partial charge in [0.05, 0.1) is 0 Å². The third kappa shape index (κ3) is 2.08. The van der Waals surface area contributed by atoms with Crippen LogP contribution in [0.3, 0.4) is 0 Å². The maximum Gasteiger partial charge on any atom is 0.148 e. The normalized spacial score (nSPS) is 26.0. The Labute approximate surface area is 63.2 Å². The molecule has 1 heterocycles. The lowest BCUT2D eigenvalue weighted by Crippen LogP contribution is -2.15. The van der Waals surface area contributed by atoms with Crippen molar-refractivity contribution in [2.75, 3.05) is 6.61 Å². The van der Waals surface area contributed by atoms with E-state index in [1.807, 2.05) is 6.92 Å². The lowest BCUT2D eigenvalue weighted by atomic mass is 10.7. The summed E-state index contributed by atoms with van der Waals surface area (Å²) in [5, 5.41) is 0. The Hall–Kier alpha value is 0.130. The molecular weight excluding hydrogens is 156 g/mol. The van der Waals surface area contributed by atoms with Gasteiger partial charge < -0.3 is 9.46 Å². The molecule has 0 fully saturated rings. The molecule has 0 aromatic carbocycles. The van der Waals surface area contributed by atoms with Crippen LogP contribution in [0.4, 0.5) is 0 Å². The molecule has 9 heavy (non-hydrogen) atoms. The molecule has 1 N–H and O–H groups in total. The number of nitrogens with zero attached hydrogens (tertiary/aromatic N) is 1. The number of thiol groups is 1. The Morgan fingerprint density at radius 1 is 2.00 bits per heavy atom. The number of rotatable bonds is 1. The predicted molar refractivity (Wildman–Crippen MR) is 42.6 cm³/mol. The van der Waals surface area contributed by atoms with Crippen molar-refractivity contribution in [3.05, 3.63) is 0 Å². The number of amidine groups is 1. The first-order valence-corrected chi connectivity index (χ1v) is 4.44. The Kier molecular flexibility index (Phi) is 2.68. The lowest BCUT2D eigenvalue weighted by Gasteiger charge is -1.94. The van der Waals surface area contributed by atoms with E-state index in [-0.39, 0.29) is 6.23 Å². The zero-order chi connectivity index (χ0) is 6.69. The molecule has 0 aliphatic carbocycles. The Balaban J connectivity index is 2.33. The molecule has 0 radical (unpaired) electrons. The summed E-state index contributed by atoms with van der Waals surface area (Å²) in [5.74, 6) is 0.863. The van der Waals surface area contributed by atoms with Crippen LogP contribution in [0.5, 0.6) is 0 Å². The predicted octanol–water partition coefficient (Wildman–Crippen LogP) is 0.844. The van der Waals surface area contributed by atoms with Crippen molar-refractivity contribution in [1.29, 1.82) is 0 Å². The molecule has 5 heteroatoms. The molecule has 1 aliphatic heterocycles. The second-order valence-corrected chi connectivity index (χ2v) is 2.61. The number of ether oxygens (including phenoxy) is 1. The van der Waals surface area contributed by atoms with Crippen molar-refractivity contribution in [3.63, 3.8) is 0 Å². The van der Waals surface area contributed by atoms with Crippen molar-refractivity contribution < 1.29 is 4.74 Å². The molecular formula is C4H8N2OS2. The molecule has 1 rings (SSSR count). The van der Waals surface area contributed by atoms with Gasteiger partial charge in [-0.05, 0) is 6.92 Å². The van der Waals surface area contributed by atoms with E-state index in [1.165, 1.54) is 11.0 Å². The van der Waals surface area contributed by atoms with Crippen molar-refractivity contribution in [1.82, 2.24) is 4.72 Å². The number of hydrogen-bond donors (Lipinski definition) is 2.